The maximum Gasteiger partial charge on any atom is 0.0738 e. The molecular formula is C4H8N2OS. The summed E-state index contributed by atoms with van der Waals surface area (Å²) in [6, 6.07) is 0. The Morgan fingerprint density at radius 3 is 3.25 bits per heavy atom. The minimum atomic E-state index is 0.692. The third-order valence-electron chi connectivity index (χ3n) is 0.675. The van der Waals surface area contributed by atoms with Crippen molar-refractivity contribution in [3.8, 4) is 0 Å². The van der Waals surface area contributed by atoms with Crippen molar-refractivity contribution in [1.82, 2.24) is 10.0 Å². The minimum Gasteiger partial charge on any atom is -0.258 e. The van der Waals surface area contributed by atoms with Crippen LogP contribution in [0.15, 0.2) is 11.6 Å². The zero-order valence-electron chi connectivity index (χ0n) is 4.63. The van der Waals surface area contributed by atoms with E-state index in [1.807, 2.05) is 18.5 Å². The summed E-state index contributed by atoms with van der Waals surface area (Å²) in [6.07, 6.45) is 1.83. The number of hydrogen-bond acceptors (Lipinski definition) is 4. The van der Waals surface area contributed by atoms with Gasteiger partial charge in [0.2, 0.25) is 0 Å². The van der Waals surface area contributed by atoms with E-state index in [9.17, 15) is 0 Å². The molecule has 1 N–H and O–H groups in total. The van der Waals surface area contributed by atoms with E-state index < -0.39 is 0 Å². The number of hydroxylamine groups is 1. The van der Waals surface area contributed by atoms with Crippen LogP contribution in [0.3, 0.4) is 0 Å². The number of nitrogens with zero attached hydrogens (tertiary/aromatic N) is 1. The Morgan fingerprint density at radius 2 is 2.75 bits per heavy atom. The molecule has 3 nitrogen and oxygen atoms in total. The molecule has 0 spiro atoms. The van der Waals surface area contributed by atoms with Gasteiger partial charge in [-0.25, -0.2) is 0 Å². The molecule has 1 aliphatic rings. The lowest BCUT2D eigenvalue weighted by molar-refractivity contribution is -0.128. The van der Waals surface area contributed by atoms with Gasteiger partial charge in [0.1, 0.15) is 0 Å². The van der Waals surface area contributed by atoms with Gasteiger partial charge in [-0.1, -0.05) is 0 Å². The second-order valence-electron chi connectivity index (χ2n) is 1.24. The molecule has 1 rings (SSSR count). The average molecular weight is 132 g/mol. The van der Waals surface area contributed by atoms with Crippen molar-refractivity contribution in [2.45, 2.75) is 6.92 Å². The fourth-order valence-electron chi connectivity index (χ4n) is 0.407. The summed E-state index contributed by atoms with van der Waals surface area (Å²) in [7, 11) is 0. The minimum absolute atomic E-state index is 0.692. The zero-order valence-corrected chi connectivity index (χ0v) is 5.44. The van der Waals surface area contributed by atoms with Crippen LogP contribution in [0, 0.1) is 0 Å². The monoisotopic (exact) mass is 132 g/mol. The zero-order chi connectivity index (χ0) is 5.82. The quantitative estimate of drug-likeness (QED) is 0.564. The lowest BCUT2D eigenvalue weighted by atomic mass is 10.9. The maximum absolute atomic E-state index is 5.02. The molecule has 0 radical (unpaired) electrons. The lowest BCUT2D eigenvalue weighted by Gasteiger charge is -2.11. The fraction of sp³-hybridized carbons (Fsp3) is 0.500. The van der Waals surface area contributed by atoms with Crippen LogP contribution in [0.4, 0.5) is 0 Å². The van der Waals surface area contributed by atoms with E-state index in [0.717, 1.165) is 0 Å². The van der Waals surface area contributed by atoms with Gasteiger partial charge in [-0.2, -0.15) is 5.17 Å². The van der Waals surface area contributed by atoms with Gasteiger partial charge in [0, 0.05) is 5.41 Å². The summed E-state index contributed by atoms with van der Waals surface area (Å²) in [4.78, 5) is 7.89. The molecular weight excluding hydrogens is 124 g/mol. The second kappa shape index (κ2) is 2.96. The summed E-state index contributed by atoms with van der Waals surface area (Å²) in [6.45, 7) is 2.64. The lowest BCUT2D eigenvalue weighted by Crippen LogP contribution is -2.23. The van der Waals surface area contributed by atoms with Crippen molar-refractivity contribution in [2.75, 3.05) is 6.61 Å². The molecule has 0 aromatic carbocycles. The van der Waals surface area contributed by atoms with Crippen LogP contribution >= 0.6 is 11.9 Å². The van der Waals surface area contributed by atoms with Crippen molar-refractivity contribution in [3.05, 3.63) is 11.6 Å². The first-order valence-corrected chi connectivity index (χ1v) is 3.31. The van der Waals surface area contributed by atoms with Gasteiger partial charge < -0.3 is 0 Å². The smallest absolute Gasteiger partial charge is 0.0738 e. The Kier molecular flexibility index (Phi) is 2.20. The molecule has 0 aliphatic carbocycles. The summed E-state index contributed by atoms with van der Waals surface area (Å²) in [5.74, 6) is 0. The molecule has 0 bridgehead atoms. The van der Waals surface area contributed by atoms with Crippen LogP contribution in [0.2, 0.25) is 0 Å². The highest BCUT2D eigenvalue weighted by molar-refractivity contribution is 8.00. The van der Waals surface area contributed by atoms with Crippen molar-refractivity contribution in [3.63, 3.8) is 0 Å². The first-order chi connectivity index (χ1) is 3.93. The Balaban J connectivity index is 2.16. The molecule has 0 unspecified atom stereocenters. The normalized spacial score (nSPS) is 17.9. The van der Waals surface area contributed by atoms with Gasteiger partial charge in [-0.15, -0.1) is 4.83 Å². The molecule has 0 fully saturated rings. The summed E-state index contributed by atoms with van der Waals surface area (Å²) in [5, 5.41) is 3.49. The van der Waals surface area contributed by atoms with Gasteiger partial charge in [0.15, 0.2) is 0 Å². The Hall–Kier alpha value is -0.190. The van der Waals surface area contributed by atoms with Crippen molar-refractivity contribution in [2.24, 2.45) is 0 Å². The van der Waals surface area contributed by atoms with E-state index in [4.69, 9.17) is 4.84 Å². The number of rotatable bonds is 2. The highest BCUT2D eigenvalue weighted by Gasteiger charge is 2.00. The first kappa shape index (κ1) is 5.94. The largest absolute Gasteiger partial charge is 0.258 e. The number of nitrogens with one attached hydrogen (secondary N) is 1. The molecule has 0 aromatic rings. The molecule has 0 saturated heterocycles. The van der Waals surface area contributed by atoms with E-state index >= 15 is 0 Å². The predicted molar refractivity (Wildman–Crippen MR) is 33.3 cm³/mol. The van der Waals surface area contributed by atoms with Crippen LogP contribution in [-0.2, 0) is 4.84 Å². The van der Waals surface area contributed by atoms with Crippen molar-refractivity contribution < 1.29 is 4.84 Å². The second-order valence-corrected chi connectivity index (χ2v) is 1.93. The molecule has 0 atom stereocenters. The van der Waals surface area contributed by atoms with Crippen LogP contribution in [0.25, 0.3) is 0 Å². The van der Waals surface area contributed by atoms with Crippen molar-refractivity contribution in [1.29, 1.82) is 0 Å². The number of hydrogen-bond donors (Lipinski definition) is 1. The number of hydrazine groups is 1. The summed E-state index contributed by atoms with van der Waals surface area (Å²) < 4.78 is 0. The molecule has 0 aromatic heterocycles. The van der Waals surface area contributed by atoms with Crippen LogP contribution in [-0.4, -0.2) is 11.8 Å². The third kappa shape index (κ3) is 1.40. The summed E-state index contributed by atoms with van der Waals surface area (Å²) >= 11 is 1.49. The molecule has 1 aliphatic heterocycles. The topological polar surface area (TPSA) is 24.5 Å². The molecule has 0 saturated carbocycles. The van der Waals surface area contributed by atoms with Gasteiger partial charge >= 0.3 is 0 Å². The van der Waals surface area contributed by atoms with Gasteiger partial charge in [0.25, 0.3) is 0 Å². The standard InChI is InChI=1S/C4H8N2OS/c1-2-7-6-3-4-8-5-6/h3-5H,2H2,1H3. The Labute approximate surface area is 52.7 Å². The Bertz CT molecular complexity index is 96.0. The maximum atomic E-state index is 5.02. The molecule has 8 heavy (non-hydrogen) atoms. The van der Waals surface area contributed by atoms with Crippen molar-refractivity contribution >= 4 is 11.9 Å². The Morgan fingerprint density at radius 1 is 1.88 bits per heavy atom. The third-order valence-corrected chi connectivity index (χ3v) is 1.22. The van der Waals surface area contributed by atoms with Crippen LogP contribution in [0.1, 0.15) is 6.92 Å². The predicted octanol–water partition coefficient (Wildman–Crippen LogP) is 0.877. The van der Waals surface area contributed by atoms with E-state index in [-0.39, 0.29) is 0 Å². The summed E-state index contributed by atoms with van der Waals surface area (Å²) in [5.41, 5.74) is 0. The molecule has 46 valence electrons. The van der Waals surface area contributed by atoms with E-state index in [2.05, 4.69) is 4.83 Å². The van der Waals surface area contributed by atoms with Crippen LogP contribution < -0.4 is 4.83 Å². The van der Waals surface area contributed by atoms with Crippen LogP contribution in [0.5, 0.6) is 0 Å². The molecule has 0 amide bonds. The fourth-order valence-corrected chi connectivity index (χ4v) is 0.857. The van der Waals surface area contributed by atoms with Gasteiger partial charge in [0.05, 0.1) is 12.8 Å². The highest BCUT2D eigenvalue weighted by atomic mass is 32.2. The van der Waals surface area contributed by atoms with E-state index in [1.54, 1.807) is 5.17 Å². The SMILES string of the molecule is CCON1C=CSN1. The molecule has 4 heteroatoms. The average Bonchev–Trinajstić information content (AvgIpc) is 2.19. The molecule has 1 heterocycles. The first-order valence-electron chi connectivity index (χ1n) is 2.43. The highest BCUT2D eigenvalue weighted by Crippen LogP contribution is 2.07. The van der Waals surface area contributed by atoms with E-state index in [0.29, 0.717) is 6.61 Å². The van der Waals surface area contributed by atoms with Gasteiger partial charge in [-0.05, 0) is 18.9 Å². The van der Waals surface area contributed by atoms with E-state index in [1.165, 1.54) is 11.9 Å². The van der Waals surface area contributed by atoms with Gasteiger partial charge in [-0.3, -0.25) is 4.84 Å².